The van der Waals surface area contributed by atoms with Crippen LogP contribution in [0.4, 0.5) is 24.5 Å². The van der Waals surface area contributed by atoms with E-state index in [4.69, 9.17) is 4.74 Å². The van der Waals surface area contributed by atoms with E-state index in [2.05, 4.69) is 20.5 Å². The molecule has 0 radical (unpaired) electrons. The number of hydrogen-bond acceptors (Lipinski definition) is 10. The standard InChI is InChI=1S/C44H46F3N7O8/c1-42(2,12-17-53-24-25-22-29(32(62-3)23-27(25)38(53)58)49-36(56)28-7-5-9-33(48-28)44(45,46)47)41(61)52-20-15-43(16-21-52)13-18-51(19-14-43)30-8-4-6-26-35(30)40(60)54(39(26)59)31-10-11-34(55)50-37(31)57/h4-9,22-23,31H,10-21,24H2,1-3H3,(H,49,56)(H,50,55,57). The van der Waals surface area contributed by atoms with Gasteiger partial charge in [-0.1, -0.05) is 26.0 Å². The Balaban J connectivity index is 0.847. The SMILES string of the molecule is COc1cc2c(cc1NC(=O)c1cccc(C(F)(F)F)n1)CN(CCC(C)(C)C(=O)N1CCC3(CC1)CCN(c1cccc4c1C(=O)N(C1CCC(=O)NC1=O)C4=O)CC3)C2=O. The van der Waals surface area contributed by atoms with E-state index >= 15 is 0 Å². The summed E-state index contributed by atoms with van der Waals surface area (Å²) in [7, 11) is 1.35. The van der Waals surface area contributed by atoms with Crippen LogP contribution in [0.2, 0.25) is 0 Å². The van der Waals surface area contributed by atoms with Gasteiger partial charge in [0.1, 0.15) is 23.2 Å². The van der Waals surface area contributed by atoms with E-state index in [-0.39, 0.29) is 65.7 Å². The number of anilines is 2. The van der Waals surface area contributed by atoms with Crippen LogP contribution in [0.15, 0.2) is 48.5 Å². The van der Waals surface area contributed by atoms with Gasteiger partial charge in [0.25, 0.3) is 23.6 Å². The van der Waals surface area contributed by atoms with Gasteiger partial charge in [-0.15, -0.1) is 0 Å². The van der Waals surface area contributed by atoms with Crippen LogP contribution >= 0.6 is 0 Å². The van der Waals surface area contributed by atoms with E-state index in [1.54, 1.807) is 23.1 Å². The summed E-state index contributed by atoms with van der Waals surface area (Å²) in [6.45, 7) is 6.67. The summed E-state index contributed by atoms with van der Waals surface area (Å²) in [6.07, 6.45) is -0.941. The highest BCUT2D eigenvalue weighted by Gasteiger charge is 2.47. The van der Waals surface area contributed by atoms with Crippen LogP contribution in [0, 0.1) is 10.8 Å². The van der Waals surface area contributed by atoms with Gasteiger partial charge in [-0.2, -0.15) is 13.2 Å². The van der Waals surface area contributed by atoms with Gasteiger partial charge in [0.05, 0.1) is 29.6 Å². The predicted molar refractivity (Wildman–Crippen MR) is 216 cm³/mol. The van der Waals surface area contributed by atoms with Gasteiger partial charge in [-0.05, 0) is 85.9 Å². The number of amides is 7. The maximum Gasteiger partial charge on any atom is 0.433 e. The second-order valence-electron chi connectivity index (χ2n) is 17.4. The molecule has 8 rings (SSSR count). The molecule has 5 aliphatic heterocycles. The molecule has 18 heteroatoms. The monoisotopic (exact) mass is 857 g/mol. The summed E-state index contributed by atoms with van der Waals surface area (Å²) in [5.74, 6) is -3.15. The highest BCUT2D eigenvalue weighted by Crippen LogP contribution is 2.45. The largest absolute Gasteiger partial charge is 0.495 e. The molecule has 3 aromatic rings. The predicted octanol–water partition coefficient (Wildman–Crippen LogP) is 5.04. The summed E-state index contributed by atoms with van der Waals surface area (Å²) in [5, 5.41) is 4.79. The highest BCUT2D eigenvalue weighted by atomic mass is 19.4. The molecule has 6 heterocycles. The van der Waals surface area contributed by atoms with E-state index in [1.165, 1.54) is 19.2 Å². The number of carbonyl (C=O) groups excluding carboxylic acids is 7. The van der Waals surface area contributed by atoms with Crippen molar-refractivity contribution in [1.29, 1.82) is 0 Å². The first kappa shape index (κ1) is 42.4. The number of hydrogen-bond donors (Lipinski definition) is 2. The number of rotatable bonds is 9. The van der Waals surface area contributed by atoms with Gasteiger partial charge in [-0.25, -0.2) is 4.98 Å². The first-order chi connectivity index (χ1) is 29.4. The molecule has 1 aromatic heterocycles. The normalized spacial score (nSPS) is 20.1. The third-order valence-electron chi connectivity index (χ3n) is 13.1. The minimum absolute atomic E-state index is 0.00467. The first-order valence-corrected chi connectivity index (χ1v) is 20.6. The number of fused-ring (bicyclic) bond motifs is 2. The van der Waals surface area contributed by atoms with Crippen molar-refractivity contribution in [3.63, 3.8) is 0 Å². The van der Waals surface area contributed by atoms with Crippen LogP contribution in [0.25, 0.3) is 0 Å². The number of piperidine rings is 3. The average molecular weight is 858 g/mol. The molecule has 7 amide bonds. The van der Waals surface area contributed by atoms with Crippen molar-refractivity contribution in [2.45, 2.75) is 77.6 Å². The number of nitrogens with zero attached hydrogens (tertiary/aromatic N) is 5. The number of alkyl halides is 3. The molecular weight excluding hydrogens is 812 g/mol. The summed E-state index contributed by atoms with van der Waals surface area (Å²) in [5.41, 5.74) is -0.131. The number of methoxy groups -OCH3 is 1. The lowest BCUT2D eigenvalue weighted by atomic mass is 9.70. The number of aromatic nitrogens is 1. The summed E-state index contributed by atoms with van der Waals surface area (Å²) < 4.78 is 45.0. The van der Waals surface area contributed by atoms with Gasteiger partial charge in [0.2, 0.25) is 17.7 Å². The van der Waals surface area contributed by atoms with Gasteiger partial charge < -0.3 is 24.8 Å². The minimum atomic E-state index is -4.73. The fraction of sp³-hybridized carbons (Fsp3) is 0.455. The van der Waals surface area contributed by atoms with Gasteiger partial charge >= 0.3 is 6.18 Å². The molecule has 15 nitrogen and oxygen atoms in total. The molecule has 2 N–H and O–H groups in total. The summed E-state index contributed by atoms with van der Waals surface area (Å²) in [6, 6.07) is 10.2. The van der Waals surface area contributed by atoms with Crippen molar-refractivity contribution < 1.29 is 51.5 Å². The Morgan fingerprint density at radius 1 is 0.903 bits per heavy atom. The Morgan fingerprint density at radius 3 is 2.27 bits per heavy atom. The van der Waals surface area contributed by atoms with Crippen molar-refractivity contribution in [3.8, 4) is 5.75 Å². The number of ether oxygens (including phenoxy) is 1. The molecule has 3 saturated heterocycles. The fourth-order valence-corrected chi connectivity index (χ4v) is 9.37. The number of pyridine rings is 1. The highest BCUT2D eigenvalue weighted by molar-refractivity contribution is 6.25. The zero-order valence-corrected chi connectivity index (χ0v) is 34.5. The Kier molecular flexibility index (Phi) is 10.8. The number of carbonyl (C=O) groups is 7. The maximum atomic E-state index is 14.0. The van der Waals surface area contributed by atoms with Gasteiger partial charge in [0.15, 0.2) is 0 Å². The van der Waals surface area contributed by atoms with Crippen LogP contribution in [-0.2, 0) is 27.1 Å². The van der Waals surface area contributed by atoms with Gasteiger partial charge in [-0.3, -0.25) is 43.8 Å². The maximum absolute atomic E-state index is 14.0. The van der Waals surface area contributed by atoms with Crippen LogP contribution in [0.5, 0.6) is 5.75 Å². The number of likely N-dealkylation sites (tertiary alicyclic amines) is 1. The van der Waals surface area contributed by atoms with E-state index < -0.39 is 58.6 Å². The molecule has 1 atom stereocenters. The van der Waals surface area contributed by atoms with E-state index in [0.29, 0.717) is 49.4 Å². The van der Waals surface area contributed by atoms with Crippen molar-refractivity contribution in [2.75, 3.05) is 50.1 Å². The number of benzene rings is 2. The quantitative estimate of drug-likeness (QED) is 0.277. The van der Waals surface area contributed by atoms with Gasteiger partial charge in [0, 0.05) is 56.7 Å². The van der Waals surface area contributed by atoms with E-state index in [0.717, 1.165) is 42.7 Å². The Hall–Kier alpha value is -6.33. The van der Waals surface area contributed by atoms with Crippen molar-refractivity contribution in [2.24, 2.45) is 10.8 Å². The number of nitrogens with one attached hydrogen (secondary N) is 2. The van der Waals surface area contributed by atoms with Crippen LogP contribution in [-0.4, -0.2) is 107 Å². The second-order valence-corrected chi connectivity index (χ2v) is 17.4. The molecule has 0 saturated carbocycles. The van der Waals surface area contributed by atoms with Crippen molar-refractivity contribution in [3.05, 3.63) is 82.2 Å². The molecule has 62 heavy (non-hydrogen) atoms. The molecule has 0 aliphatic carbocycles. The van der Waals surface area contributed by atoms with Crippen LogP contribution in [0.1, 0.15) is 112 Å². The molecule has 326 valence electrons. The molecule has 5 aliphatic rings. The smallest absolute Gasteiger partial charge is 0.433 e. The second kappa shape index (κ2) is 15.9. The lowest BCUT2D eigenvalue weighted by molar-refractivity contribution is -0.143. The number of halogens is 3. The van der Waals surface area contributed by atoms with Crippen molar-refractivity contribution >= 4 is 52.7 Å². The first-order valence-electron chi connectivity index (χ1n) is 20.6. The van der Waals surface area contributed by atoms with E-state index in [1.807, 2.05) is 24.8 Å². The van der Waals surface area contributed by atoms with Crippen LogP contribution < -0.4 is 20.3 Å². The third-order valence-corrected chi connectivity index (χ3v) is 13.1. The topological polar surface area (TPSA) is 179 Å². The summed E-state index contributed by atoms with van der Waals surface area (Å²) in [4.78, 5) is 102. The zero-order chi connectivity index (χ0) is 44.3. The molecule has 1 unspecified atom stereocenters. The van der Waals surface area contributed by atoms with Crippen molar-refractivity contribution in [1.82, 2.24) is 25.0 Å². The number of imide groups is 2. The average Bonchev–Trinajstić information content (AvgIpc) is 3.69. The molecular formula is C44H46F3N7O8. The fourth-order valence-electron chi connectivity index (χ4n) is 9.37. The lowest BCUT2D eigenvalue weighted by Crippen LogP contribution is -2.54. The van der Waals surface area contributed by atoms with E-state index in [9.17, 15) is 46.7 Å². The molecule has 3 fully saturated rings. The Bertz CT molecular complexity index is 2400. The lowest BCUT2D eigenvalue weighted by Gasteiger charge is -2.48. The molecule has 1 spiro atoms. The van der Waals surface area contributed by atoms with Crippen LogP contribution in [0.3, 0.4) is 0 Å². The minimum Gasteiger partial charge on any atom is -0.495 e. The molecule has 2 aromatic carbocycles. The molecule has 0 bridgehead atoms. The summed E-state index contributed by atoms with van der Waals surface area (Å²) >= 11 is 0. The zero-order valence-electron chi connectivity index (χ0n) is 34.5. The Morgan fingerprint density at radius 2 is 1.60 bits per heavy atom. The third kappa shape index (κ3) is 7.74. The Labute approximate surface area is 354 Å².